The van der Waals surface area contributed by atoms with Gasteiger partial charge in [0.15, 0.2) is 12.2 Å². The third-order valence-electron chi connectivity index (χ3n) is 4.19. The number of hydrogen-bond donors (Lipinski definition) is 0. The zero-order valence-corrected chi connectivity index (χ0v) is 14.4. The van der Waals surface area contributed by atoms with Crippen molar-refractivity contribution in [2.45, 2.75) is 13.2 Å². The van der Waals surface area contributed by atoms with E-state index in [2.05, 4.69) is 4.98 Å². The van der Waals surface area contributed by atoms with Gasteiger partial charge in [-0.15, -0.1) is 11.3 Å². The Balaban J connectivity index is 1.36. The number of carbonyl (C=O) groups is 1. The third kappa shape index (κ3) is 2.55. The van der Waals surface area contributed by atoms with Gasteiger partial charge in [-0.3, -0.25) is 0 Å². The average molecular weight is 363 g/mol. The van der Waals surface area contributed by atoms with Gasteiger partial charge in [0.1, 0.15) is 22.8 Å². The van der Waals surface area contributed by atoms with Gasteiger partial charge in [-0.25, -0.2) is 9.78 Å². The lowest BCUT2D eigenvalue weighted by Crippen LogP contribution is -2.04. The molecule has 0 bridgehead atoms. The van der Waals surface area contributed by atoms with Crippen LogP contribution in [0.1, 0.15) is 21.1 Å². The number of oxazole rings is 1. The lowest BCUT2D eigenvalue weighted by Gasteiger charge is -2.16. The first-order chi connectivity index (χ1) is 12.8. The fraction of sp³-hybridized carbons (Fsp3) is 0.100. The van der Waals surface area contributed by atoms with Gasteiger partial charge in [0, 0.05) is 16.0 Å². The second-order valence-electron chi connectivity index (χ2n) is 5.90. The largest absolute Gasteiger partial charge is 0.488 e. The van der Waals surface area contributed by atoms with E-state index in [0.29, 0.717) is 23.0 Å². The van der Waals surface area contributed by atoms with E-state index in [1.165, 1.54) is 11.3 Å². The number of ether oxygens (including phenoxy) is 2. The van der Waals surface area contributed by atoms with Crippen LogP contribution in [-0.4, -0.2) is 11.0 Å². The van der Waals surface area contributed by atoms with Crippen molar-refractivity contribution in [3.63, 3.8) is 0 Å². The number of rotatable bonds is 3. The predicted octanol–water partition coefficient (Wildman–Crippen LogP) is 4.81. The number of thiophene rings is 1. The van der Waals surface area contributed by atoms with Crippen LogP contribution in [-0.2, 0) is 18.0 Å². The maximum absolute atomic E-state index is 12.4. The number of esters is 1. The zero-order chi connectivity index (χ0) is 17.5. The molecule has 1 aliphatic heterocycles. The molecule has 2 aromatic heterocycles. The van der Waals surface area contributed by atoms with Crippen LogP contribution >= 0.6 is 11.3 Å². The number of fused-ring (bicyclic) bond motifs is 4. The van der Waals surface area contributed by atoms with Crippen LogP contribution in [0.3, 0.4) is 0 Å². The van der Waals surface area contributed by atoms with Crippen LogP contribution in [0.5, 0.6) is 5.75 Å². The van der Waals surface area contributed by atoms with Crippen LogP contribution in [0.4, 0.5) is 0 Å². The molecule has 0 saturated heterocycles. The summed E-state index contributed by atoms with van der Waals surface area (Å²) in [4.78, 5) is 18.4. The predicted molar refractivity (Wildman–Crippen MR) is 97.2 cm³/mol. The van der Waals surface area contributed by atoms with Crippen molar-refractivity contribution in [3.05, 3.63) is 70.9 Å². The van der Waals surface area contributed by atoms with Crippen LogP contribution in [0.25, 0.3) is 21.5 Å². The molecule has 4 aromatic rings. The van der Waals surface area contributed by atoms with Crippen molar-refractivity contribution in [2.24, 2.45) is 0 Å². The van der Waals surface area contributed by atoms with Crippen molar-refractivity contribution in [3.8, 4) is 16.2 Å². The topological polar surface area (TPSA) is 61.6 Å². The molecule has 26 heavy (non-hydrogen) atoms. The van der Waals surface area contributed by atoms with E-state index in [-0.39, 0.29) is 12.6 Å². The van der Waals surface area contributed by atoms with E-state index >= 15 is 0 Å². The van der Waals surface area contributed by atoms with Crippen LogP contribution in [0.15, 0.2) is 59.0 Å². The molecule has 0 spiro atoms. The Morgan fingerprint density at radius 2 is 2.00 bits per heavy atom. The number of para-hydroxylation sites is 3. The van der Waals surface area contributed by atoms with Gasteiger partial charge in [0.25, 0.3) is 0 Å². The highest BCUT2D eigenvalue weighted by atomic mass is 32.1. The molecule has 0 fully saturated rings. The minimum atomic E-state index is -0.385. The summed E-state index contributed by atoms with van der Waals surface area (Å²) < 4.78 is 16.7. The average Bonchev–Trinajstić information content (AvgIpc) is 3.30. The van der Waals surface area contributed by atoms with Gasteiger partial charge in [-0.1, -0.05) is 24.3 Å². The summed E-state index contributed by atoms with van der Waals surface area (Å²) in [6.07, 6.45) is 0. The second-order valence-corrected chi connectivity index (χ2v) is 6.95. The molecule has 0 amide bonds. The Morgan fingerprint density at radius 3 is 2.92 bits per heavy atom. The first-order valence-corrected chi connectivity index (χ1v) is 8.96. The molecule has 2 aromatic carbocycles. The van der Waals surface area contributed by atoms with E-state index in [9.17, 15) is 4.79 Å². The van der Waals surface area contributed by atoms with Crippen molar-refractivity contribution in [1.29, 1.82) is 0 Å². The van der Waals surface area contributed by atoms with Crippen molar-refractivity contribution < 1.29 is 18.7 Å². The van der Waals surface area contributed by atoms with E-state index in [1.807, 2.05) is 54.6 Å². The lowest BCUT2D eigenvalue weighted by molar-refractivity contribution is 0.0446. The summed E-state index contributed by atoms with van der Waals surface area (Å²) in [6.45, 7) is 0.463. The van der Waals surface area contributed by atoms with Gasteiger partial charge in [0.05, 0.1) is 0 Å². The van der Waals surface area contributed by atoms with Crippen LogP contribution in [0.2, 0.25) is 0 Å². The fourth-order valence-corrected chi connectivity index (χ4v) is 4.07. The van der Waals surface area contributed by atoms with Crippen molar-refractivity contribution in [1.82, 2.24) is 4.98 Å². The van der Waals surface area contributed by atoms with Gasteiger partial charge in [-0.05, 0) is 30.3 Å². The minimum absolute atomic E-state index is 0.00314. The first kappa shape index (κ1) is 15.2. The summed E-state index contributed by atoms with van der Waals surface area (Å²) in [5.41, 5.74) is 3.44. The minimum Gasteiger partial charge on any atom is -0.488 e. The first-order valence-electron chi connectivity index (χ1n) is 8.14. The molecule has 6 heteroatoms. The van der Waals surface area contributed by atoms with E-state index < -0.39 is 0 Å². The second kappa shape index (κ2) is 6.00. The molecule has 0 aliphatic carbocycles. The summed E-state index contributed by atoms with van der Waals surface area (Å²) in [6, 6.07) is 17.1. The van der Waals surface area contributed by atoms with E-state index in [4.69, 9.17) is 13.9 Å². The van der Waals surface area contributed by atoms with Gasteiger partial charge in [0.2, 0.25) is 5.89 Å². The summed E-state index contributed by atoms with van der Waals surface area (Å²) in [7, 11) is 0. The maximum atomic E-state index is 12.4. The number of aromatic nitrogens is 1. The summed E-state index contributed by atoms with van der Waals surface area (Å²) in [5, 5.41) is 0. The highest BCUT2D eigenvalue weighted by Crippen LogP contribution is 2.42. The molecule has 5 nitrogen and oxygen atoms in total. The van der Waals surface area contributed by atoms with E-state index in [1.54, 1.807) is 0 Å². The zero-order valence-electron chi connectivity index (χ0n) is 13.6. The molecule has 128 valence electrons. The quantitative estimate of drug-likeness (QED) is 0.489. The van der Waals surface area contributed by atoms with Crippen molar-refractivity contribution >= 4 is 28.4 Å². The Labute approximate surface area is 152 Å². The third-order valence-corrected chi connectivity index (χ3v) is 5.38. The number of hydrogen-bond acceptors (Lipinski definition) is 6. The lowest BCUT2D eigenvalue weighted by atomic mass is 10.1. The fourth-order valence-electron chi connectivity index (χ4n) is 2.98. The Hall–Kier alpha value is -3.12. The summed E-state index contributed by atoms with van der Waals surface area (Å²) in [5.74, 6) is 0.840. The Morgan fingerprint density at radius 1 is 1.15 bits per heavy atom. The number of nitrogens with zero attached hydrogens (tertiary/aromatic N) is 1. The Bertz CT molecular complexity index is 1090. The molecule has 0 unspecified atom stereocenters. The number of benzene rings is 2. The highest BCUT2D eigenvalue weighted by molar-refractivity contribution is 7.17. The molecule has 1 aliphatic rings. The number of carbonyl (C=O) groups excluding carboxylic acids is 1. The van der Waals surface area contributed by atoms with Gasteiger partial charge < -0.3 is 13.9 Å². The van der Waals surface area contributed by atoms with E-state index in [0.717, 1.165) is 27.3 Å². The molecule has 0 N–H and O–H groups in total. The molecule has 0 atom stereocenters. The Kier molecular flexibility index (Phi) is 3.50. The van der Waals surface area contributed by atoms with Crippen LogP contribution in [0, 0.1) is 0 Å². The molecule has 0 radical (unpaired) electrons. The SMILES string of the molecule is O=C(OCc1nc2ccccc2o1)c1cc2c(s1)-c1ccccc1OC2. The van der Waals surface area contributed by atoms with Gasteiger partial charge >= 0.3 is 5.97 Å². The normalized spacial score (nSPS) is 12.3. The molecular weight excluding hydrogens is 350 g/mol. The standard InChI is InChI=1S/C20H13NO4S/c22-20(24-11-18-21-14-6-2-4-8-16(14)25-18)17-9-12-10-23-15-7-3-1-5-13(15)19(12)26-17/h1-9H,10-11H2. The van der Waals surface area contributed by atoms with Gasteiger partial charge in [-0.2, -0.15) is 0 Å². The monoisotopic (exact) mass is 363 g/mol. The molecule has 3 heterocycles. The summed E-state index contributed by atoms with van der Waals surface area (Å²) >= 11 is 1.42. The molecular formula is C20H13NO4S. The smallest absolute Gasteiger partial charge is 0.348 e. The molecule has 0 saturated carbocycles. The molecule has 5 rings (SSSR count). The highest BCUT2D eigenvalue weighted by Gasteiger charge is 2.23. The van der Waals surface area contributed by atoms with Crippen molar-refractivity contribution in [2.75, 3.05) is 0 Å². The van der Waals surface area contributed by atoms with Crippen LogP contribution < -0.4 is 4.74 Å². The maximum Gasteiger partial charge on any atom is 0.348 e.